The Morgan fingerprint density at radius 1 is 1.07 bits per heavy atom. The maximum absolute atomic E-state index is 13.1. The van der Waals surface area contributed by atoms with Gasteiger partial charge in [0.25, 0.3) is 0 Å². The Hall–Kier alpha value is -3.95. The van der Waals surface area contributed by atoms with E-state index in [4.69, 9.17) is 0 Å². The third-order valence-corrected chi connectivity index (χ3v) is 5.84. The van der Waals surface area contributed by atoms with Gasteiger partial charge in [-0.1, -0.05) is 18.2 Å². The van der Waals surface area contributed by atoms with Crippen LogP contribution in [-0.4, -0.2) is 9.97 Å². The first-order valence-electron chi connectivity index (χ1n) is 9.30. The van der Waals surface area contributed by atoms with Crippen molar-refractivity contribution in [1.29, 1.82) is 5.26 Å². The molecular weight excluding hydrogens is 395 g/mol. The minimum absolute atomic E-state index is 0.254. The summed E-state index contributed by atoms with van der Waals surface area (Å²) in [5, 5.41) is 15.0. The Bertz CT molecular complexity index is 1440. The van der Waals surface area contributed by atoms with E-state index in [1.807, 2.05) is 48.7 Å². The summed E-state index contributed by atoms with van der Waals surface area (Å²) in [4.78, 5) is 9.48. The molecule has 0 fully saturated rings. The molecule has 4 nitrogen and oxygen atoms in total. The van der Waals surface area contributed by atoms with Crippen molar-refractivity contribution in [2.45, 2.75) is 0 Å². The zero-order valence-electron chi connectivity index (χ0n) is 15.7. The molecule has 5 aromatic rings. The largest absolute Gasteiger partial charge is 0.361 e. The molecule has 0 saturated heterocycles. The lowest BCUT2D eigenvalue weighted by Gasteiger charge is -2.09. The summed E-state index contributed by atoms with van der Waals surface area (Å²) in [5.41, 5.74) is 4.11. The molecule has 0 bridgehead atoms. The van der Waals surface area contributed by atoms with E-state index in [9.17, 15) is 9.65 Å². The Morgan fingerprint density at radius 2 is 1.93 bits per heavy atom. The van der Waals surface area contributed by atoms with Crippen molar-refractivity contribution in [3.8, 4) is 6.07 Å². The second kappa shape index (κ2) is 7.47. The number of pyridine rings is 1. The smallest absolute Gasteiger partial charge is 0.125 e. The topological polar surface area (TPSA) is 64.5 Å². The van der Waals surface area contributed by atoms with Gasteiger partial charge in [-0.3, -0.25) is 0 Å². The van der Waals surface area contributed by atoms with Gasteiger partial charge in [-0.25, -0.2) is 9.37 Å². The molecule has 0 aliphatic rings. The number of halogens is 1. The Morgan fingerprint density at radius 3 is 2.77 bits per heavy atom. The van der Waals surface area contributed by atoms with Crippen LogP contribution in [0, 0.1) is 17.1 Å². The van der Waals surface area contributed by atoms with E-state index in [0.717, 1.165) is 42.9 Å². The van der Waals surface area contributed by atoms with Gasteiger partial charge in [0.2, 0.25) is 0 Å². The monoisotopic (exact) mass is 410 g/mol. The zero-order chi connectivity index (χ0) is 20.5. The lowest BCUT2D eigenvalue weighted by molar-refractivity contribution is 0.628. The molecule has 2 aromatic carbocycles. The van der Waals surface area contributed by atoms with Crippen LogP contribution >= 0.6 is 11.3 Å². The number of nitrogens with zero attached hydrogens (tertiary/aromatic N) is 2. The number of fused-ring (bicyclic) bond motifs is 2. The van der Waals surface area contributed by atoms with E-state index in [1.165, 1.54) is 12.1 Å². The average molecular weight is 410 g/mol. The van der Waals surface area contributed by atoms with Crippen LogP contribution in [0.25, 0.3) is 33.3 Å². The van der Waals surface area contributed by atoms with Gasteiger partial charge in [-0.15, -0.1) is 11.3 Å². The van der Waals surface area contributed by atoms with Crippen molar-refractivity contribution in [2.24, 2.45) is 0 Å². The van der Waals surface area contributed by atoms with Crippen LogP contribution < -0.4 is 5.32 Å². The van der Waals surface area contributed by atoms with Crippen LogP contribution in [0.3, 0.4) is 0 Å². The highest BCUT2D eigenvalue weighted by molar-refractivity contribution is 7.19. The number of anilines is 2. The highest BCUT2D eigenvalue weighted by Crippen LogP contribution is 2.35. The second-order valence-corrected chi connectivity index (χ2v) is 7.88. The lowest BCUT2D eigenvalue weighted by atomic mass is 10.1. The van der Waals surface area contributed by atoms with Crippen molar-refractivity contribution >= 4 is 56.0 Å². The summed E-state index contributed by atoms with van der Waals surface area (Å²) in [5.74, 6) is -0.254. The van der Waals surface area contributed by atoms with Crippen LogP contribution in [0.2, 0.25) is 0 Å². The minimum atomic E-state index is -0.254. The maximum Gasteiger partial charge on any atom is 0.125 e. The molecule has 0 atom stereocenters. The Labute approximate surface area is 175 Å². The van der Waals surface area contributed by atoms with Gasteiger partial charge in [0, 0.05) is 39.2 Å². The van der Waals surface area contributed by atoms with Crippen molar-refractivity contribution in [3.05, 3.63) is 88.8 Å². The number of aromatic amines is 1. The van der Waals surface area contributed by atoms with Crippen molar-refractivity contribution < 1.29 is 4.39 Å². The van der Waals surface area contributed by atoms with Crippen molar-refractivity contribution in [1.82, 2.24) is 9.97 Å². The van der Waals surface area contributed by atoms with E-state index >= 15 is 0 Å². The molecule has 144 valence electrons. The first kappa shape index (κ1) is 18.1. The summed E-state index contributed by atoms with van der Waals surface area (Å²) < 4.78 is 13.1. The number of nitrogens with one attached hydrogen (secondary N) is 2. The summed E-state index contributed by atoms with van der Waals surface area (Å²) in [7, 11) is 0. The van der Waals surface area contributed by atoms with Gasteiger partial charge in [-0.2, -0.15) is 5.26 Å². The summed E-state index contributed by atoms with van der Waals surface area (Å²) in [6.07, 6.45) is 7.41. The van der Waals surface area contributed by atoms with E-state index in [-0.39, 0.29) is 5.82 Å². The fourth-order valence-corrected chi connectivity index (χ4v) is 4.25. The molecular formula is C24H15FN4S. The average Bonchev–Trinajstić information content (AvgIpc) is 3.40. The van der Waals surface area contributed by atoms with Gasteiger partial charge in [0.1, 0.15) is 16.7 Å². The van der Waals surface area contributed by atoms with Crippen molar-refractivity contribution in [3.63, 3.8) is 0 Å². The standard InChI is InChI=1S/C24H15FN4S/c25-18-4-1-15(2-5-18)3-7-20-12-21-23(17(13-26)14-28-24(21)30-20)29-19-6-8-22-16(11-19)9-10-27-22/h1-12,14,27H,(H,28,29)/b7-3+. The van der Waals surface area contributed by atoms with E-state index in [1.54, 1.807) is 29.7 Å². The number of aromatic nitrogens is 2. The van der Waals surface area contributed by atoms with Crippen LogP contribution in [0.4, 0.5) is 15.8 Å². The van der Waals surface area contributed by atoms with Gasteiger partial charge in [0.05, 0.1) is 11.3 Å². The number of hydrogen-bond acceptors (Lipinski definition) is 4. The number of H-pyrrole nitrogens is 1. The third kappa shape index (κ3) is 3.43. The minimum Gasteiger partial charge on any atom is -0.361 e. The molecule has 0 saturated carbocycles. The number of thiophene rings is 1. The molecule has 0 aliphatic heterocycles. The predicted octanol–water partition coefficient (Wildman–Crippen LogP) is 6.70. The molecule has 0 amide bonds. The quantitative estimate of drug-likeness (QED) is 0.346. The number of hydrogen-bond donors (Lipinski definition) is 2. The molecule has 5 rings (SSSR count). The fraction of sp³-hybridized carbons (Fsp3) is 0. The van der Waals surface area contributed by atoms with Gasteiger partial charge < -0.3 is 10.3 Å². The molecule has 6 heteroatoms. The first-order valence-corrected chi connectivity index (χ1v) is 10.1. The fourth-order valence-electron chi connectivity index (χ4n) is 3.34. The second-order valence-electron chi connectivity index (χ2n) is 6.82. The molecule has 0 spiro atoms. The molecule has 2 N–H and O–H groups in total. The molecule has 0 unspecified atom stereocenters. The van der Waals surface area contributed by atoms with E-state index in [0.29, 0.717) is 5.56 Å². The highest BCUT2D eigenvalue weighted by Gasteiger charge is 2.12. The lowest BCUT2D eigenvalue weighted by Crippen LogP contribution is -1.95. The summed E-state index contributed by atoms with van der Waals surface area (Å²) in [6, 6.07) is 18.6. The number of benzene rings is 2. The maximum atomic E-state index is 13.1. The van der Waals surface area contributed by atoms with Gasteiger partial charge in [-0.05, 0) is 54.1 Å². The number of rotatable bonds is 4. The van der Waals surface area contributed by atoms with Crippen LogP contribution in [0.1, 0.15) is 16.0 Å². The zero-order valence-corrected chi connectivity index (χ0v) is 16.5. The normalized spacial score (nSPS) is 11.3. The number of nitriles is 1. The van der Waals surface area contributed by atoms with Crippen LogP contribution in [0.15, 0.2) is 67.0 Å². The highest BCUT2D eigenvalue weighted by atomic mass is 32.1. The molecule has 30 heavy (non-hydrogen) atoms. The van der Waals surface area contributed by atoms with Crippen LogP contribution in [-0.2, 0) is 0 Å². The predicted molar refractivity (Wildman–Crippen MR) is 121 cm³/mol. The Balaban J connectivity index is 1.53. The SMILES string of the molecule is N#Cc1cnc2sc(/C=C/c3ccc(F)cc3)cc2c1Nc1ccc2[nH]ccc2c1. The molecule has 3 aromatic heterocycles. The van der Waals surface area contributed by atoms with E-state index in [2.05, 4.69) is 21.4 Å². The van der Waals surface area contributed by atoms with Gasteiger partial charge >= 0.3 is 0 Å². The molecule has 0 aliphatic carbocycles. The third-order valence-electron chi connectivity index (χ3n) is 4.83. The summed E-state index contributed by atoms with van der Waals surface area (Å²) >= 11 is 1.54. The summed E-state index contributed by atoms with van der Waals surface area (Å²) in [6.45, 7) is 0. The van der Waals surface area contributed by atoms with Gasteiger partial charge in [0.15, 0.2) is 0 Å². The first-order chi connectivity index (χ1) is 14.7. The molecule has 3 heterocycles. The van der Waals surface area contributed by atoms with Crippen molar-refractivity contribution in [2.75, 3.05) is 5.32 Å². The Kier molecular flexibility index (Phi) is 4.51. The van der Waals surface area contributed by atoms with Crippen LogP contribution in [0.5, 0.6) is 0 Å². The van der Waals surface area contributed by atoms with E-state index < -0.39 is 0 Å². The molecule has 0 radical (unpaired) electrons.